The van der Waals surface area contributed by atoms with Crippen LogP contribution in [0.4, 0.5) is 0 Å². The van der Waals surface area contributed by atoms with Gasteiger partial charge in [-0.05, 0) is 37.3 Å². The lowest BCUT2D eigenvalue weighted by atomic mass is 9.67. The van der Waals surface area contributed by atoms with Crippen LogP contribution in [0.5, 0.6) is 0 Å². The first kappa shape index (κ1) is 15.0. The fourth-order valence-corrected chi connectivity index (χ4v) is 5.01. The SMILES string of the molecule is CC(O)(c1cc2ccccc2s1)C1(CN)CCCCCC1. The summed E-state index contributed by atoms with van der Waals surface area (Å²) < 4.78 is 1.24. The van der Waals surface area contributed by atoms with Gasteiger partial charge in [0.2, 0.25) is 0 Å². The van der Waals surface area contributed by atoms with Gasteiger partial charge in [-0.25, -0.2) is 0 Å². The second-order valence-electron chi connectivity index (χ2n) is 6.62. The van der Waals surface area contributed by atoms with Crippen molar-refractivity contribution in [2.24, 2.45) is 11.1 Å². The van der Waals surface area contributed by atoms with Crippen LogP contribution >= 0.6 is 11.3 Å². The Kier molecular flexibility index (Phi) is 4.08. The highest BCUT2D eigenvalue weighted by molar-refractivity contribution is 7.19. The maximum atomic E-state index is 11.4. The van der Waals surface area contributed by atoms with E-state index >= 15 is 0 Å². The number of fused-ring (bicyclic) bond motifs is 1. The average molecular weight is 303 g/mol. The normalized spacial score (nSPS) is 21.9. The van der Waals surface area contributed by atoms with Crippen molar-refractivity contribution < 1.29 is 5.11 Å². The number of rotatable bonds is 3. The first-order valence-corrected chi connectivity index (χ1v) is 8.82. The van der Waals surface area contributed by atoms with Crippen molar-refractivity contribution in [3.8, 4) is 0 Å². The Labute approximate surface area is 131 Å². The van der Waals surface area contributed by atoms with Crippen molar-refractivity contribution in [3.05, 3.63) is 35.2 Å². The Bertz CT molecular complexity index is 575. The fourth-order valence-electron chi connectivity index (χ4n) is 3.78. The Morgan fingerprint density at radius 3 is 2.48 bits per heavy atom. The van der Waals surface area contributed by atoms with Gasteiger partial charge in [0.25, 0.3) is 0 Å². The van der Waals surface area contributed by atoms with Gasteiger partial charge in [-0.15, -0.1) is 11.3 Å². The molecule has 0 radical (unpaired) electrons. The number of nitrogens with two attached hydrogens (primary N) is 1. The molecule has 1 saturated carbocycles. The van der Waals surface area contributed by atoms with Crippen LogP contribution in [0.3, 0.4) is 0 Å². The van der Waals surface area contributed by atoms with Crippen molar-refractivity contribution >= 4 is 21.4 Å². The van der Waals surface area contributed by atoms with Crippen molar-refractivity contribution in [1.29, 1.82) is 0 Å². The van der Waals surface area contributed by atoms with E-state index < -0.39 is 5.60 Å². The van der Waals surface area contributed by atoms with Gasteiger partial charge in [-0.2, -0.15) is 0 Å². The Balaban J connectivity index is 2.03. The van der Waals surface area contributed by atoms with Crippen molar-refractivity contribution in [3.63, 3.8) is 0 Å². The summed E-state index contributed by atoms with van der Waals surface area (Å²) in [5.41, 5.74) is 5.16. The van der Waals surface area contributed by atoms with Crippen molar-refractivity contribution in [2.45, 2.75) is 51.0 Å². The summed E-state index contributed by atoms with van der Waals surface area (Å²) >= 11 is 1.71. The van der Waals surface area contributed by atoms with Crippen LogP contribution in [0.2, 0.25) is 0 Å². The lowest BCUT2D eigenvalue weighted by Crippen LogP contribution is -2.48. The molecule has 2 aromatic rings. The molecule has 0 aliphatic heterocycles. The first-order valence-electron chi connectivity index (χ1n) is 8.01. The third-order valence-corrected chi connectivity index (χ3v) is 6.72. The monoisotopic (exact) mass is 303 g/mol. The molecule has 0 saturated heterocycles. The summed E-state index contributed by atoms with van der Waals surface area (Å²) in [5, 5.41) is 12.6. The highest BCUT2D eigenvalue weighted by Crippen LogP contribution is 2.50. The van der Waals surface area contributed by atoms with E-state index in [4.69, 9.17) is 5.73 Å². The third-order valence-electron chi connectivity index (χ3n) is 5.39. The zero-order chi connectivity index (χ0) is 14.9. The molecule has 0 amide bonds. The molecule has 3 N–H and O–H groups in total. The van der Waals surface area contributed by atoms with Crippen LogP contribution in [0.25, 0.3) is 10.1 Å². The molecular weight excluding hydrogens is 278 g/mol. The van der Waals surface area contributed by atoms with Gasteiger partial charge in [0.05, 0.1) is 0 Å². The molecule has 3 rings (SSSR count). The number of hydrogen-bond donors (Lipinski definition) is 2. The summed E-state index contributed by atoms with van der Waals surface area (Å²) in [5.74, 6) is 0. The molecule has 0 spiro atoms. The van der Waals surface area contributed by atoms with Crippen LogP contribution in [0.1, 0.15) is 50.3 Å². The molecule has 21 heavy (non-hydrogen) atoms. The zero-order valence-corrected chi connectivity index (χ0v) is 13.6. The second-order valence-corrected chi connectivity index (χ2v) is 7.70. The standard InChI is InChI=1S/C18H25NOS/c1-17(20,18(13-19)10-6-2-3-7-11-18)16-12-14-8-4-5-9-15(14)21-16/h4-5,8-9,12,20H,2-3,6-7,10-11,13,19H2,1H3. The molecule has 1 aromatic carbocycles. The van der Waals surface area contributed by atoms with E-state index in [0.717, 1.165) is 17.7 Å². The highest BCUT2D eigenvalue weighted by Gasteiger charge is 2.47. The van der Waals surface area contributed by atoms with E-state index in [2.05, 4.69) is 30.3 Å². The van der Waals surface area contributed by atoms with E-state index in [0.29, 0.717) is 6.54 Å². The largest absolute Gasteiger partial charge is 0.384 e. The van der Waals surface area contributed by atoms with E-state index in [1.54, 1.807) is 11.3 Å². The van der Waals surface area contributed by atoms with Crippen LogP contribution in [-0.4, -0.2) is 11.7 Å². The van der Waals surface area contributed by atoms with E-state index in [1.165, 1.54) is 35.8 Å². The summed E-state index contributed by atoms with van der Waals surface area (Å²) in [4.78, 5) is 1.07. The molecular formula is C18H25NOS. The lowest BCUT2D eigenvalue weighted by Gasteiger charge is -2.44. The average Bonchev–Trinajstić information content (AvgIpc) is 2.78. The molecule has 114 valence electrons. The Hall–Kier alpha value is -0.900. The molecule has 1 fully saturated rings. The predicted octanol–water partition coefficient (Wildman–Crippen LogP) is 4.41. The number of aliphatic hydroxyl groups is 1. The molecule has 1 aliphatic carbocycles. The third kappa shape index (κ3) is 2.52. The van der Waals surface area contributed by atoms with Crippen LogP contribution in [0, 0.1) is 5.41 Å². The topological polar surface area (TPSA) is 46.2 Å². The summed E-state index contributed by atoms with van der Waals surface area (Å²) in [6, 6.07) is 10.5. The van der Waals surface area contributed by atoms with Gasteiger partial charge in [0.15, 0.2) is 0 Å². The minimum atomic E-state index is -0.838. The number of thiophene rings is 1. The van der Waals surface area contributed by atoms with Gasteiger partial charge in [-0.1, -0.05) is 43.9 Å². The smallest absolute Gasteiger partial charge is 0.103 e. The summed E-state index contributed by atoms with van der Waals surface area (Å²) in [6.07, 6.45) is 6.96. The van der Waals surface area contributed by atoms with Crippen molar-refractivity contribution in [2.75, 3.05) is 6.54 Å². The van der Waals surface area contributed by atoms with E-state index in [-0.39, 0.29) is 5.41 Å². The van der Waals surface area contributed by atoms with E-state index in [9.17, 15) is 5.11 Å². The maximum Gasteiger partial charge on any atom is 0.103 e. The molecule has 1 aromatic heterocycles. The minimum absolute atomic E-state index is 0.176. The van der Waals surface area contributed by atoms with Gasteiger partial charge >= 0.3 is 0 Å². The Morgan fingerprint density at radius 2 is 1.86 bits per heavy atom. The van der Waals surface area contributed by atoms with E-state index in [1.807, 2.05) is 6.92 Å². The van der Waals surface area contributed by atoms with Gasteiger partial charge < -0.3 is 10.8 Å². The molecule has 3 heteroatoms. The minimum Gasteiger partial charge on any atom is -0.384 e. The first-order chi connectivity index (χ1) is 10.1. The summed E-state index contributed by atoms with van der Waals surface area (Å²) in [7, 11) is 0. The quantitative estimate of drug-likeness (QED) is 0.825. The number of benzene rings is 1. The maximum absolute atomic E-state index is 11.4. The lowest BCUT2D eigenvalue weighted by molar-refractivity contribution is -0.0785. The molecule has 1 aliphatic rings. The Morgan fingerprint density at radius 1 is 1.19 bits per heavy atom. The highest BCUT2D eigenvalue weighted by atomic mass is 32.1. The molecule has 2 nitrogen and oxygen atoms in total. The molecule has 1 atom stereocenters. The van der Waals surface area contributed by atoms with Crippen LogP contribution < -0.4 is 5.73 Å². The summed E-state index contributed by atoms with van der Waals surface area (Å²) in [6.45, 7) is 2.55. The predicted molar refractivity (Wildman–Crippen MR) is 90.6 cm³/mol. The van der Waals surface area contributed by atoms with Gasteiger partial charge in [0.1, 0.15) is 5.60 Å². The van der Waals surface area contributed by atoms with Gasteiger partial charge in [-0.3, -0.25) is 0 Å². The van der Waals surface area contributed by atoms with Crippen molar-refractivity contribution in [1.82, 2.24) is 0 Å². The fraction of sp³-hybridized carbons (Fsp3) is 0.556. The van der Waals surface area contributed by atoms with Crippen LogP contribution in [0.15, 0.2) is 30.3 Å². The van der Waals surface area contributed by atoms with Crippen LogP contribution in [-0.2, 0) is 5.60 Å². The van der Waals surface area contributed by atoms with Gasteiger partial charge in [0, 0.05) is 21.5 Å². The molecule has 1 heterocycles. The zero-order valence-electron chi connectivity index (χ0n) is 12.8. The second kappa shape index (κ2) is 5.71. The number of hydrogen-bond acceptors (Lipinski definition) is 3. The molecule has 1 unspecified atom stereocenters. The molecule has 0 bridgehead atoms.